The molecule has 2 rings (SSSR count). The molecule has 132 valence electrons. The molecule has 1 aromatic heterocycles. The molecule has 0 aliphatic carbocycles. The molecule has 0 radical (unpaired) electrons. The molecule has 7 nitrogen and oxygen atoms in total. The van der Waals surface area contributed by atoms with Crippen molar-refractivity contribution in [1.29, 1.82) is 0 Å². The van der Waals surface area contributed by atoms with Crippen LogP contribution in [0, 0.1) is 6.92 Å². The number of aromatic nitrogens is 1. The first-order chi connectivity index (χ1) is 12.0. The van der Waals surface area contributed by atoms with Crippen molar-refractivity contribution in [2.24, 2.45) is 0 Å². The molecule has 1 heterocycles. The molecular weight excluding hydrogens is 320 g/mol. The van der Waals surface area contributed by atoms with Crippen LogP contribution in [-0.4, -0.2) is 30.0 Å². The Morgan fingerprint density at radius 3 is 2.56 bits per heavy atom. The van der Waals surface area contributed by atoms with Crippen LogP contribution in [0.1, 0.15) is 29.3 Å². The molecule has 4 N–H and O–H groups in total. The van der Waals surface area contributed by atoms with E-state index in [-0.39, 0.29) is 42.7 Å². The number of rotatable bonds is 6. The van der Waals surface area contributed by atoms with Crippen LogP contribution in [0.2, 0.25) is 0 Å². The number of ether oxygens (including phenoxy) is 1. The lowest BCUT2D eigenvalue weighted by molar-refractivity contribution is -0.142. The van der Waals surface area contributed by atoms with Gasteiger partial charge in [-0.25, -0.2) is 4.98 Å². The number of nitrogens with two attached hydrogens (primary N) is 2. The van der Waals surface area contributed by atoms with E-state index in [0.717, 1.165) is 5.56 Å². The van der Waals surface area contributed by atoms with Crippen LogP contribution in [0.4, 0.5) is 17.2 Å². The van der Waals surface area contributed by atoms with Crippen LogP contribution in [-0.2, 0) is 9.53 Å². The Morgan fingerprint density at radius 2 is 1.92 bits per heavy atom. The second kappa shape index (κ2) is 8.14. The zero-order valence-corrected chi connectivity index (χ0v) is 14.4. The molecule has 0 atom stereocenters. The Kier molecular flexibility index (Phi) is 5.94. The minimum absolute atomic E-state index is 0.0530. The summed E-state index contributed by atoms with van der Waals surface area (Å²) in [5, 5.41) is 0. The van der Waals surface area contributed by atoms with Crippen LogP contribution in [0.5, 0.6) is 0 Å². The van der Waals surface area contributed by atoms with Gasteiger partial charge in [-0.1, -0.05) is 12.1 Å². The number of nitrogens with zero attached hydrogens (tertiary/aromatic N) is 2. The second-order valence-electron chi connectivity index (χ2n) is 5.46. The van der Waals surface area contributed by atoms with Crippen molar-refractivity contribution in [2.45, 2.75) is 20.3 Å². The van der Waals surface area contributed by atoms with Crippen LogP contribution >= 0.6 is 0 Å². The summed E-state index contributed by atoms with van der Waals surface area (Å²) in [7, 11) is 0. The highest BCUT2D eigenvalue weighted by Gasteiger charge is 2.23. The third-order valence-electron chi connectivity index (χ3n) is 3.75. The topological polar surface area (TPSA) is 112 Å². The van der Waals surface area contributed by atoms with Crippen LogP contribution in [0.15, 0.2) is 36.5 Å². The van der Waals surface area contributed by atoms with Crippen molar-refractivity contribution in [3.63, 3.8) is 0 Å². The maximum absolute atomic E-state index is 13.0. The highest BCUT2D eigenvalue weighted by atomic mass is 16.5. The number of aryl methyl sites for hydroxylation is 1. The quantitative estimate of drug-likeness (QED) is 0.614. The number of carbonyl (C=O) groups is 2. The average molecular weight is 342 g/mol. The summed E-state index contributed by atoms with van der Waals surface area (Å²) in [6.07, 6.45) is 1.63. The van der Waals surface area contributed by atoms with Gasteiger partial charge in [-0.15, -0.1) is 0 Å². The Labute approximate surface area is 146 Å². The first-order valence-corrected chi connectivity index (χ1v) is 7.98. The SMILES string of the molecule is CCOC(=O)CCN(C(=O)c1ccc(C)c(N)c1N)c1ccccn1. The highest BCUT2D eigenvalue weighted by Crippen LogP contribution is 2.26. The molecule has 0 saturated carbocycles. The molecule has 0 aliphatic heterocycles. The third kappa shape index (κ3) is 4.26. The lowest BCUT2D eigenvalue weighted by Crippen LogP contribution is -2.34. The van der Waals surface area contributed by atoms with Crippen molar-refractivity contribution < 1.29 is 14.3 Å². The van der Waals surface area contributed by atoms with Crippen LogP contribution in [0.3, 0.4) is 0 Å². The van der Waals surface area contributed by atoms with Crippen molar-refractivity contribution in [1.82, 2.24) is 4.98 Å². The largest absolute Gasteiger partial charge is 0.466 e. The number of hydrogen-bond acceptors (Lipinski definition) is 6. The fourth-order valence-electron chi connectivity index (χ4n) is 2.35. The van der Waals surface area contributed by atoms with Gasteiger partial charge in [0.1, 0.15) is 5.82 Å². The Balaban J connectivity index is 2.33. The maximum atomic E-state index is 13.0. The summed E-state index contributed by atoms with van der Waals surface area (Å²) in [4.78, 5) is 30.3. The van der Waals surface area contributed by atoms with E-state index in [1.54, 1.807) is 43.5 Å². The first kappa shape index (κ1) is 18.3. The van der Waals surface area contributed by atoms with E-state index in [1.165, 1.54) is 4.90 Å². The number of amides is 1. The molecule has 25 heavy (non-hydrogen) atoms. The third-order valence-corrected chi connectivity index (χ3v) is 3.75. The fourth-order valence-corrected chi connectivity index (χ4v) is 2.35. The summed E-state index contributed by atoms with van der Waals surface area (Å²) >= 11 is 0. The molecule has 0 unspecified atom stereocenters. The van der Waals surface area contributed by atoms with E-state index < -0.39 is 0 Å². The predicted octanol–water partition coefficient (Wildman–Crippen LogP) is 2.15. The number of hydrogen-bond donors (Lipinski definition) is 2. The molecule has 0 spiro atoms. The Morgan fingerprint density at radius 1 is 1.16 bits per heavy atom. The summed E-state index contributed by atoms with van der Waals surface area (Å²) in [6.45, 7) is 3.96. The normalized spacial score (nSPS) is 10.3. The van der Waals surface area contributed by atoms with E-state index >= 15 is 0 Å². The smallest absolute Gasteiger partial charge is 0.307 e. The molecule has 0 bridgehead atoms. The van der Waals surface area contributed by atoms with E-state index in [1.807, 2.05) is 6.92 Å². The molecule has 2 aromatic rings. The van der Waals surface area contributed by atoms with E-state index in [9.17, 15) is 9.59 Å². The molecular formula is C18H22N4O3. The zero-order valence-electron chi connectivity index (χ0n) is 14.4. The molecule has 1 aromatic carbocycles. The van der Waals surface area contributed by atoms with Crippen molar-refractivity contribution in [3.8, 4) is 0 Å². The summed E-state index contributed by atoms with van der Waals surface area (Å²) in [5.74, 6) is -0.324. The number of benzene rings is 1. The second-order valence-corrected chi connectivity index (χ2v) is 5.46. The number of anilines is 3. The van der Waals surface area contributed by atoms with Gasteiger partial charge in [0.05, 0.1) is 30.0 Å². The van der Waals surface area contributed by atoms with Gasteiger partial charge >= 0.3 is 5.97 Å². The van der Waals surface area contributed by atoms with Crippen LogP contribution in [0.25, 0.3) is 0 Å². The minimum Gasteiger partial charge on any atom is -0.466 e. The molecule has 0 saturated heterocycles. The van der Waals surface area contributed by atoms with E-state index in [0.29, 0.717) is 11.5 Å². The monoisotopic (exact) mass is 342 g/mol. The van der Waals surface area contributed by atoms with Crippen LogP contribution < -0.4 is 16.4 Å². The first-order valence-electron chi connectivity index (χ1n) is 7.98. The Bertz CT molecular complexity index is 762. The van der Waals surface area contributed by atoms with Gasteiger partial charge in [0.15, 0.2) is 0 Å². The van der Waals surface area contributed by atoms with Gasteiger partial charge < -0.3 is 16.2 Å². The average Bonchev–Trinajstić information content (AvgIpc) is 2.61. The van der Waals surface area contributed by atoms with E-state index in [2.05, 4.69) is 4.98 Å². The van der Waals surface area contributed by atoms with Gasteiger partial charge in [-0.2, -0.15) is 0 Å². The number of esters is 1. The van der Waals surface area contributed by atoms with Crippen molar-refractivity contribution in [2.75, 3.05) is 29.5 Å². The van der Waals surface area contributed by atoms with E-state index in [4.69, 9.17) is 16.2 Å². The fraction of sp³-hybridized carbons (Fsp3) is 0.278. The van der Waals surface area contributed by atoms with Gasteiger partial charge in [-0.05, 0) is 37.6 Å². The van der Waals surface area contributed by atoms with Gasteiger partial charge in [0.25, 0.3) is 5.91 Å². The summed E-state index contributed by atoms with van der Waals surface area (Å²) < 4.78 is 4.93. The zero-order chi connectivity index (χ0) is 18.4. The number of pyridine rings is 1. The number of carbonyl (C=O) groups excluding carboxylic acids is 2. The molecule has 7 heteroatoms. The van der Waals surface area contributed by atoms with Gasteiger partial charge in [0, 0.05) is 12.7 Å². The summed E-state index contributed by atoms with van der Waals surface area (Å²) in [5.41, 5.74) is 13.6. The lowest BCUT2D eigenvalue weighted by atomic mass is 10.1. The van der Waals surface area contributed by atoms with Gasteiger partial charge in [0.2, 0.25) is 0 Å². The Hall–Kier alpha value is -3.09. The molecule has 1 amide bonds. The summed E-state index contributed by atoms with van der Waals surface area (Å²) in [6, 6.07) is 8.57. The standard InChI is InChI=1S/C18H22N4O3/c1-3-25-15(23)9-11-22(14-6-4-5-10-21-14)18(24)13-8-7-12(2)16(19)17(13)20/h4-8,10H,3,9,11,19-20H2,1-2H3. The number of nitrogen functional groups attached to an aromatic ring is 2. The van der Waals surface area contributed by atoms with Gasteiger partial charge in [-0.3, -0.25) is 14.5 Å². The molecule has 0 aliphatic rings. The lowest BCUT2D eigenvalue weighted by Gasteiger charge is -2.22. The minimum atomic E-state index is -0.382. The highest BCUT2D eigenvalue weighted by molar-refractivity contribution is 6.10. The maximum Gasteiger partial charge on any atom is 0.307 e. The molecule has 0 fully saturated rings. The van der Waals surface area contributed by atoms with Crippen molar-refractivity contribution >= 4 is 29.1 Å². The van der Waals surface area contributed by atoms with Crippen molar-refractivity contribution in [3.05, 3.63) is 47.7 Å². The predicted molar refractivity (Wildman–Crippen MR) is 97.2 cm³/mol.